The van der Waals surface area contributed by atoms with Crippen LogP contribution >= 0.6 is 12.6 Å². The molecule has 1 fully saturated rings. The molecule has 8 heteroatoms. The van der Waals surface area contributed by atoms with Crippen LogP contribution in [0, 0.1) is 5.41 Å². The molecule has 3 amide bonds. The van der Waals surface area contributed by atoms with Crippen molar-refractivity contribution in [3.63, 3.8) is 0 Å². The van der Waals surface area contributed by atoms with Gasteiger partial charge in [0.2, 0.25) is 18.2 Å². The zero-order chi connectivity index (χ0) is 26.1. The highest BCUT2D eigenvalue weighted by molar-refractivity contribution is 7.80. The largest absolute Gasteiger partial charge is 0.352 e. The standard InChI is InChI=1S/C17H29N3O2S.C11H13NO/c1-12(18-3)15(21)19-14(6-11-23)16(22)20-10-9-17(13(20)2)7-4-5-8-17;13-8-12-11-7-3-5-9-4-1-2-6-10(9)11/h4-5,12-14,18,23H,6-11H2,1-3H3,(H,19,21);1-2,4,6,8,11H,3,5,7H2,(H,12,13)/t12-,13?,14?;/m0./s1. The van der Waals surface area contributed by atoms with Crippen LogP contribution in [0.2, 0.25) is 0 Å². The van der Waals surface area contributed by atoms with Gasteiger partial charge in [0.25, 0.3) is 0 Å². The number of benzene rings is 1. The van der Waals surface area contributed by atoms with Gasteiger partial charge in [-0.3, -0.25) is 14.4 Å². The smallest absolute Gasteiger partial charge is 0.245 e. The number of carbonyl (C=O) groups is 3. The lowest BCUT2D eigenvalue weighted by Gasteiger charge is -2.34. The first-order chi connectivity index (χ1) is 17.4. The summed E-state index contributed by atoms with van der Waals surface area (Å²) >= 11 is 4.25. The number of carbonyl (C=O) groups excluding carboxylic acids is 3. The van der Waals surface area contributed by atoms with Crippen molar-refractivity contribution in [3.05, 3.63) is 47.5 Å². The first kappa shape index (κ1) is 28.3. The van der Waals surface area contributed by atoms with Gasteiger partial charge >= 0.3 is 0 Å². The van der Waals surface area contributed by atoms with Crippen LogP contribution in [-0.2, 0) is 20.8 Å². The summed E-state index contributed by atoms with van der Waals surface area (Å²) in [5.41, 5.74) is 2.89. The van der Waals surface area contributed by atoms with Crippen molar-refractivity contribution >= 4 is 30.9 Å². The molecule has 1 aliphatic heterocycles. The minimum absolute atomic E-state index is 0.0342. The van der Waals surface area contributed by atoms with Crippen molar-refractivity contribution in [2.75, 3.05) is 19.3 Å². The van der Waals surface area contributed by atoms with E-state index in [4.69, 9.17) is 0 Å². The number of aryl methyl sites for hydroxylation is 1. The lowest BCUT2D eigenvalue weighted by atomic mass is 9.79. The van der Waals surface area contributed by atoms with Crippen LogP contribution in [0.3, 0.4) is 0 Å². The Morgan fingerprint density at radius 1 is 1.25 bits per heavy atom. The Labute approximate surface area is 221 Å². The third-order valence-corrected chi connectivity index (χ3v) is 8.46. The highest BCUT2D eigenvalue weighted by Crippen LogP contribution is 2.46. The molecule has 4 atom stereocenters. The predicted octanol–water partition coefficient (Wildman–Crippen LogP) is 3.17. The minimum Gasteiger partial charge on any atom is -0.352 e. The monoisotopic (exact) mass is 514 g/mol. The van der Waals surface area contributed by atoms with Crippen LogP contribution in [0.25, 0.3) is 0 Å². The van der Waals surface area contributed by atoms with Gasteiger partial charge in [-0.2, -0.15) is 12.6 Å². The van der Waals surface area contributed by atoms with Gasteiger partial charge in [-0.15, -0.1) is 0 Å². The lowest BCUT2D eigenvalue weighted by Crippen LogP contribution is -2.54. The molecule has 0 bridgehead atoms. The van der Waals surface area contributed by atoms with Gasteiger partial charge < -0.3 is 20.9 Å². The summed E-state index contributed by atoms with van der Waals surface area (Å²) < 4.78 is 0. The molecule has 4 rings (SSSR count). The Morgan fingerprint density at radius 3 is 2.64 bits per heavy atom. The molecule has 1 aromatic carbocycles. The second-order valence-electron chi connectivity index (χ2n) is 10.2. The normalized spacial score (nSPS) is 23.3. The Bertz CT molecular complexity index is 929. The third kappa shape index (κ3) is 6.51. The summed E-state index contributed by atoms with van der Waals surface area (Å²) in [7, 11) is 1.74. The summed E-state index contributed by atoms with van der Waals surface area (Å²) in [6.07, 6.45) is 12.3. The summed E-state index contributed by atoms with van der Waals surface area (Å²) in [5, 5.41) is 8.65. The Kier molecular flexibility index (Phi) is 10.4. The van der Waals surface area contributed by atoms with Gasteiger partial charge in [0, 0.05) is 12.6 Å². The van der Waals surface area contributed by atoms with Gasteiger partial charge in [-0.1, -0.05) is 36.4 Å². The second kappa shape index (κ2) is 13.3. The van der Waals surface area contributed by atoms with Gasteiger partial charge in [-0.05, 0) is 88.1 Å². The topological polar surface area (TPSA) is 90.5 Å². The number of nitrogens with one attached hydrogen (secondary N) is 3. The molecular formula is C28H42N4O3S. The number of hydrogen-bond donors (Lipinski definition) is 4. The SMILES string of the molecule is CN[C@@H](C)C(=O)NC(CCS)C(=O)N1CCC2(CC=CC2)C1C.O=CNC1CCCc2ccccc21. The number of amides is 3. The van der Waals surface area contributed by atoms with Crippen molar-refractivity contribution in [2.45, 2.75) is 83.0 Å². The molecule has 0 aromatic heterocycles. The molecule has 1 aromatic rings. The predicted molar refractivity (Wildman–Crippen MR) is 147 cm³/mol. The molecule has 3 unspecified atom stereocenters. The average molecular weight is 515 g/mol. The minimum atomic E-state index is -0.484. The van der Waals surface area contributed by atoms with E-state index >= 15 is 0 Å². The zero-order valence-corrected chi connectivity index (χ0v) is 22.7. The quantitative estimate of drug-likeness (QED) is 0.244. The molecule has 1 spiro atoms. The van der Waals surface area contributed by atoms with Crippen molar-refractivity contribution in [3.8, 4) is 0 Å². The molecule has 7 nitrogen and oxygen atoms in total. The maximum Gasteiger partial charge on any atom is 0.245 e. The van der Waals surface area contributed by atoms with E-state index < -0.39 is 6.04 Å². The fourth-order valence-corrected chi connectivity index (χ4v) is 5.92. The van der Waals surface area contributed by atoms with Gasteiger partial charge in [0.1, 0.15) is 6.04 Å². The molecule has 0 radical (unpaired) electrons. The molecule has 1 saturated heterocycles. The molecule has 0 saturated carbocycles. The van der Waals surface area contributed by atoms with Crippen molar-refractivity contribution in [2.24, 2.45) is 5.41 Å². The van der Waals surface area contributed by atoms with Crippen molar-refractivity contribution in [1.82, 2.24) is 20.9 Å². The first-order valence-corrected chi connectivity index (χ1v) is 13.8. The second-order valence-corrected chi connectivity index (χ2v) is 10.7. The van der Waals surface area contributed by atoms with Gasteiger partial charge in [-0.25, -0.2) is 0 Å². The number of fused-ring (bicyclic) bond motifs is 1. The fourth-order valence-electron chi connectivity index (χ4n) is 5.67. The Hall–Kier alpha value is -2.32. The van der Waals surface area contributed by atoms with Crippen LogP contribution in [0.5, 0.6) is 0 Å². The first-order valence-electron chi connectivity index (χ1n) is 13.2. The van der Waals surface area contributed by atoms with Gasteiger partial charge in [0.15, 0.2) is 0 Å². The highest BCUT2D eigenvalue weighted by atomic mass is 32.1. The molecule has 2 aliphatic carbocycles. The highest BCUT2D eigenvalue weighted by Gasteiger charge is 2.47. The van der Waals surface area contributed by atoms with Crippen LogP contribution in [0.4, 0.5) is 0 Å². The summed E-state index contributed by atoms with van der Waals surface area (Å²) in [6.45, 7) is 4.71. The van der Waals surface area contributed by atoms with E-state index in [1.165, 1.54) is 17.5 Å². The van der Waals surface area contributed by atoms with Crippen molar-refractivity contribution < 1.29 is 14.4 Å². The van der Waals surface area contributed by atoms with E-state index in [9.17, 15) is 14.4 Å². The molecule has 198 valence electrons. The average Bonchev–Trinajstić information content (AvgIpc) is 3.51. The molecule has 3 N–H and O–H groups in total. The van der Waals surface area contributed by atoms with E-state index in [1.807, 2.05) is 11.0 Å². The maximum absolute atomic E-state index is 13.0. The number of likely N-dealkylation sites (N-methyl/N-ethyl adjacent to an activating group) is 1. The van der Waals surface area contributed by atoms with Crippen LogP contribution < -0.4 is 16.0 Å². The number of hydrogen-bond acceptors (Lipinski definition) is 5. The molecule has 36 heavy (non-hydrogen) atoms. The Morgan fingerprint density at radius 2 is 1.97 bits per heavy atom. The van der Waals surface area contributed by atoms with E-state index in [1.54, 1.807) is 14.0 Å². The summed E-state index contributed by atoms with van der Waals surface area (Å²) in [5.74, 6) is 0.461. The number of rotatable bonds is 8. The molecular weight excluding hydrogens is 472 g/mol. The summed E-state index contributed by atoms with van der Waals surface area (Å²) in [4.78, 5) is 37.4. The fraction of sp³-hybridized carbons (Fsp3) is 0.607. The number of nitrogens with zero attached hydrogens (tertiary/aromatic N) is 1. The van der Waals surface area contributed by atoms with E-state index in [-0.39, 0.29) is 35.4 Å². The van der Waals surface area contributed by atoms with Crippen LogP contribution in [-0.4, -0.2) is 60.6 Å². The van der Waals surface area contributed by atoms with E-state index in [0.717, 1.165) is 45.1 Å². The summed E-state index contributed by atoms with van der Waals surface area (Å²) in [6, 6.07) is 8.00. The maximum atomic E-state index is 13.0. The van der Waals surface area contributed by atoms with Crippen LogP contribution in [0.15, 0.2) is 36.4 Å². The van der Waals surface area contributed by atoms with E-state index in [0.29, 0.717) is 12.2 Å². The zero-order valence-electron chi connectivity index (χ0n) is 21.8. The van der Waals surface area contributed by atoms with E-state index in [2.05, 4.69) is 65.9 Å². The van der Waals surface area contributed by atoms with Crippen LogP contribution in [0.1, 0.15) is 69.5 Å². The van der Waals surface area contributed by atoms with Gasteiger partial charge in [0.05, 0.1) is 12.1 Å². The lowest BCUT2D eigenvalue weighted by molar-refractivity contribution is -0.138. The van der Waals surface area contributed by atoms with Crippen molar-refractivity contribution in [1.29, 1.82) is 0 Å². The number of thiol groups is 1. The third-order valence-electron chi connectivity index (χ3n) is 8.20. The Balaban J connectivity index is 0.000000233. The number of likely N-dealkylation sites (tertiary alicyclic amines) is 1. The molecule has 1 heterocycles. The number of allylic oxidation sites excluding steroid dienone is 2. The molecule has 3 aliphatic rings.